The smallest absolute Gasteiger partial charge is 0.273 e. The van der Waals surface area contributed by atoms with E-state index in [4.69, 9.17) is 0 Å². The fourth-order valence-corrected chi connectivity index (χ4v) is 4.47. The van der Waals surface area contributed by atoms with Gasteiger partial charge in [0, 0.05) is 38.6 Å². The van der Waals surface area contributed by atoms with E-state index in [0.717, 1.165) is 0 Å². The average molecular weight is 388 g/mol. The zero-order valence-electron chi connectivity index (χ0n) is 15.2. The highest BCUT2D eigenvalue weighted by atomic mass is 32.1. The van der Waals surface area contributed by atoms with Gasteiger partial charge in [0.05, 0.1) is 29.5 Å². The van der Waals surface area contributed by atoms with Gasteiger partial charge in [0.2, 0.25) is 11.8 Å². The van der Waals surface area contributed by atoms with E-state index in [1.807, 2.05) is 0 Å². The predicted octanol–water partition coefficient (Wildman–Crippen LogP) is 0.357. The van der Waals surface area contributed by atoms with Gasteiger partial charge in [0.25, 0.3) is 5.91 Å². The number of nitrogens with zero attached hydrogens (tertiary/aromatic N) is 6. The normalized spacial score (nSPS) is 22.7. The van der Waals surface area contributed by atoms with E-state index in [1.165, 1.54) is 18.3 Å². The van der Waals surface area contributed by atoms with Crippen LogP contribution in [-0.2, 0) is 16.6 Å². The van der Waals surface area contributed by atoms with Gasteiger partial charge in [-0.1, -0.05) is 0 Å². The van der Waals surface area contributed by atoms with E-state index in [1.54, 1.807) is 49.7 Å². The molecule has 1 atom stereocenters. The number of hydrogen-bond donors (Lipinski definition) is 0. The van der Waals surface area contributed by atoms with Crippen LogP contribution < -0.4 is 4.90 Å². The molecule has 0 saturated carbocycles. The molecular weight excluding hydrogens is 368 g/mol. The first-order chi connectivity index (χ1) is 12.9. The van der Waals surface area contributed by atoms with Crippen LogP contribution in [0.5, 0.6) is 0 Å². The van der Waals surface area contributed by atoms with Gasteiger partial charge in [-0.2, -0.15) is 5.10 Å². The molecule has 2 fully saturated rings. The topological polar surface area (TPSA) is 91.6 Å². The molecule has 2 aromatic heterocycles. The van der Waals surface area contributed by atoms with E-state index in [-0.39, 0.29) is 24.3 Å². The molecule has 0 aliphatic carbocycles. The van der Waals surface area contributed by atoms with Crippen LogP contribution in [0.4, 0.5) is 5.69 Å². The molecule has 2 saturated heterocycles. The van der Waals surface area contributed by atoms with Crippen LogP contribution in [-0.4, -0.2) is 74.0 Å². The lowest BCUT2D eigenvalue weighted by molar-refractivity contribution is -0.142. The average Bonchev–Trinajstić information content (AvgIpc) is 3.37. The molecule has 1 spiro atoms. The molecule has 0 aromatic carbocycles. The van der Waals surface area contributed by atoms with Gasteiger partial charge in [-0.05, 0) is 6.42 Å². The van der Waals surface area contributed by atoms with Gasteiger partial charge in [-0.25, -0.2) is 4.98 Å². The molecule has 9 nitrogen and oxygen atoms in total. The summed E-state index contributed by atoms with van der Waals surface area (Å²) in [5, 5.41) is 5.87. The third-order valence-electron chi connectivity index (χ3n) is 5.27. The Balaban J connectivity index is 1.62. The summed E-state index contributed by atoms with van der Waals surface area (Å²) in [6.45, 7) is 2.72. The maximum Gasteiger partial charge on any atom is 0.273 e. The molecule has 10 heteroatoms. The second kappa shape index (κ2) is 6.45. The quantitative estimate of drug-likeness (QED) is 0.741. The molecule has 2 aliphatic rings. The lowest BCUT2D eigenvalue weighted by atomic mass is 9.92. The number of anilines is 1. The Kier molecular flexibility index (Phi) is 4.22. The Bertz CT molecular complexity index is 894. The van der Waals surface area contributed by atoms with E-state index >= 15 is 0 Å². The lowest BCUT2D eigenvalue weighted by Gasteiger charge is -2.47. The van der Waals surface area contributed by atoms with Crippen molar-refractivity contribution in [3.8, 4) is 0 Å². The van der Waals surface area contributed by atoms with Crippen LogP contribution in [0.1, 0.15) is 23.8 Å². The number of amides is 3. The minimum Gasteiger partial charge on any atom is -0.335 e. The zero-order valence-corrected chi connectivity index (χ0v) is 16.0. The molecule has 3 amide bonds. The van der Waals surface area contributed by atoms with Crippen molar-refractivity contribution >= 4 is 34.7 Å². The summed E-state index contributed by atoms with van der Waals surface area (Å²) in [6, 6.07) is 0. The molecule has 4 rings (SSSR count). The van der Waals surface area contributed by atoms with Gasteiger partial charge in [-0.3, -0.25) is 19.1 Å². The van der Waals surface area contributed by atoms with Crippen LogP contribution in [0.25, 0.3) is 0 Å². The van der Waals surface area contributed by atoms with Crippen LogP contribution in [0, 0.1) is 0 Å². The first-order valence-electron chi connectivity index (χ1n) is 8.64. The Morgan fingerprint density at radius 2 is 2.11 bits per heavy atom. The molecule has 0 N–H and O–H groups in total. The monoisotopic (exact) mass is 388 g/mol. The molecule has 2 aromatic rings. The number of carbonyl (C=O) groups is 3. The summed E-state index contributed by atoms with van der Waals surface area (Å²) < 4.78 is 1.64. The van der Waals surface area contributed by atoms with Crippen LogP contribution in [0.2, 0.25) is 0 Å². The Labute approximate surface area is 160 Å². The highest BCUT2D eigenvalue weighted by Crippen LogP contribution is 2.35. The summed E-state index contributed by atoms with van der Waals surface area (Å²) in [4.78, 5) is 46.8. The van der Waals surface area contributed by atoms with E-state index in [0.29, 0.717) is 37.4 Å². The minimum absolute atomic E-state index is 0.00294. The lowest BCUT2D eigenvalue weighted by Crippen LogP contribution is -2.67. The standard InChI is InChI=1S/C17H20N6O3S/c1-12(24)23-7-15(25)22(13-5-19-20(2)6-13)10-17(23)3-4-21(9-17)16(26)14-8-27-11-18-14/h5-6,8,11H,3-4,7,9-10H2,1-2H3/t17-/m0/s1. The third kappa shape index (κ3) is 2.99. The fourth-order valence-electron chi connectivity index (χ4n) is 3.94. The van der Waals surface area contributed by atoms with Crippen molar-refractivity contribution in [2.24, 2.45) is 7.05 Å². The van der Waals surface area contributed by atoms with Crippen molar-refractivity contribution in [1.29, 1.82) is 0 Å². The van der Waals surface area contributed by atoms with Crippen molar-refractivity contribution in [3.05, 3.63) is 29.0 Å². The van der Waals surface area contributed by atoms with Crippen molar-refractivity contribution in [3.63, 3.8) is 0 Å². The molecule has 27 heavy (non-hydrogen) atoms. The molecule has 4 heterocycles. The van der Waals surface area contributed by atoms with Crippen LogP contribution in [0.15, 0.2) is 23.3 Å². The van der Waals surface area contributed by atoms with Crippen molar-refractivity contribution in [2.45, 2.75) is 18.9 Å². The summed E-state index contributed by atoms with van der Waals surface area (Å²) in [6.07, 6.45) is 4.04. The second-order valence-corrected chi connectivity index (χ2v) is 7.75. The molecule has 2 aliphatic heterocycles. The zero-order chi connectivity index (χ0) is 19.2. The summed E-state index contributed by atoms with van der Waals surface area (Å²) in [7, 11) is 1.79. The predicted molar refractivity (Wildman–Crippen MR) is 98.3 cm³/mol. The van der Waals surface area contributed by atoms with Crippen molar-refractivity contribution in [1.82, 2.24) is 24.6 Å². The highest BCUT2D eigenvalue weighted by Gasteiger charge is 2.51. The molecule has 0 unspecified atom stereocenters. The second-order valence-electron chi connectivity index (χ2n) is 7.03. The third-order valence-corrected chi connectivity index (χ3v) is 5.86. The van der Waals surface area contributed by atoms with Crippen molar-refractivity contribution in [2.75, 3.05) is 31.1 Å². The molecule has 142 valence electrons. The Morgan fingerprint density at radius 3 is 2.74 bits per heavy atom. The number of aryl methyl sites for hydroxylation is 1. The summed E-state index contributed by atoms with van der Waals surface area (Å²) >= 11 is 1.37. The first kappa shape index (κ1) is 17.7. The maximum atomic E-state index is 12.7. The summed E-state index contributed by atoms with van der Waals surface area (Å²) in [5.74, 6) is -0.438. The molecule has 0 radical (unpaired) electrons. The van der Waals surface area contributed by atoms with Crippen molar-refractivity contribution < 1.29 is 14.4 Å². The van der Waals surface area contributed by atoms with Gasteiger partial charge in [0.15, 0.2) is 0 Å². The Morgan fingerprint density at radius 1 is 1.30 bits per heavy atom. The molecular formula is C17H20N6O3S. The number of rotatable bonds is 2. The summed E-state index contributed by atoms with van der Waals surface area (Å²) in [5.41, 5.74) is 2.16. The van der Waals surface area contributed by atoms with Gasteiger partial charge in [-0.15, -0.1) is 11.3 Å². The van der Waals surface area contributed by atoms with Crippen LogP contribution in [0.3, 0.4) is 0 Å². The largest absolute Gasteiger partial charge is 0.335 e. The number of aromatic nitrogens is 3. The SMILES string of the molecule is CC(=O)N1CC(=O)N(c2cnn(C)c2)C[C@@]12CCN(C(=O)c1cscn1)C2. The van der Waals surface area contributed by atoms with Gasteiger partial charge < -0.3 is 14.7 Å². The highest BCUT2D eigenvalue weighted by molar-refractivity contribution is 7.07. The van der Waals surface area contributed by atoms with Gasteiger partial charge >= 0.3 is 0 Å². The van der Waals surface area contributed by atoms with Crippen LogP contribution >= 0.6 is 11.3 Å². The fraction of sp³-hybridized carbons (Fsp3) is 0.471. The molecule has 0 bridgehead atoms. The first-order valence-corrected chi connectivity index (χ1v) is 9.59. The van der Waals surface area contributed by atoms with E-state index in [9.17, 15) is 14.4 Å². The number of piperazine rings is 1. The minimum atomic E-state index is -0.596. The Hall–Kier alpha value is -2.75. The maximum absolute atomic E-state index is 12.7. The number of carbonyl (C=O) groups excluding carboxylic acids is 3. The number of thiazole rings is 1. The number of likely N-dealkylation sites (tertiary alicyclic amines) is 1. The van der Waals surface area contributed by atoms with Gasteiger partial charge in [0.1, 0.15) is 12.2 Å². The van der Waals surface area contributed by atoms with E-state index < -0.39 is 5.54 Å². The number of hydrogen-bond acceptors (Lipinski definition) is 6. The van der Waals surface area contributed by atoms with E-state index in [2.05, 4.69) is 10.1 Å².